The van der Waals surface area contributed by atoms with Crippen LogP contribution in [0, 0.1) is 0 Å². The van der Waals surface area contributed by atoms with Gasteiger partial charge in [0.05, 0.1) is 11.4 Å². The molecule has 3 heteroatoms. The number of hydrogen-bond acceptors (Lipinski definition) is 3. The van der Waals surface area contributed by atoms with Crippen molar-refractivity contribution in [3.8, 4) is 11.1 Å². The van der Waals surface area contributed by atoms with Crippen LogP contribution in [0.4, 0.5) is 34.1 Å². The van der Waals surface area contributed by atoms with Gasteiger partial charge in [0.2, 0.25) is 0 Å². The van der Waals surface area contributed by atoms with E-state index >= 15 is 0 Å². The highest BCUT2D eigenvalue weighted by Gasteiger charge is 2.43. The van der Waals surface area contributed by atoms with E-state index in [9.17, 15) is 0 Å². The van der Waals surface area contributed by atoms with Crippen molar-refractivity contribution in [2.75, 3.05) is 9.80 Å². The van der Waals surface area contributed by atoms with E-state index in [-0.39, 0.29) is 43.3 Å². The molecule has 0 unspecified atom stereocenters. The number of anilines is 6. The van der Waals surface area contributed by atoms with E-state index in [2.05, 4.69) is 242 Å². The Morgan fingerprint density at radius 2 is 0.847 bits per heavy atom. The summed E-state index contributed by atoms with van der Waals surface area (Å²) in [5, 5.41) is 3.81. The number of nitrogens with zero attached hydrogens (tertiary/aromatic N) is 2. The molecule has 0 saturated heterocycles. The third kappa shape index (κ3) is 7.66. The second-order valence-electron chi connectivity index (χ2n) is 28.3. The lowest BCUT2D eigenvalue weighted by Gasteiger charge is -2.43. The molecule has 0 radical (unpaired) electrons. The molecule has 0 amide bonds. The smallest absolute Gasteiger partial charge is 0.0647 e. The molecule has 0 aliphatic heterocycles. The Bertz CT molecular complexity index is 3260. The fourth-order valence-electron chi connectivity index (χ4n) is 13.7. The minimum Gasteiger partial charge on any atom is -0.310 e. The molecule has 1 heterocycles. The zero-order valence-corrected chi connectivity index (χ0v) is 47.8. The van der Waals surface area contributed by atoms with Crippen molar-refractivity contribution in [2.24, 2.45) is 0 Å². The fraction of sp³-hybridized carbons (Fsp3) is 0.449. The molecule has 0 spiro atoms. The van der Waals surface area contributed by atoms with Crippen LogP contribution in [0.25, 0.3) is 21.2 Å². The number of hydrogen-bond donors (Lipinski definition) is 0. The summed E-state index contributed by atoms with van der Waals surface area (Å²) in [4.78, 5) is 5.31. The molecule has 6 aromatic carbocycles. The third-order valence-corrected chi connectivity index (χ3v) is 20.0. The van der Waals surface area contributed by atoms with Crippen LogP contribution in [0.5, 0.6) is 0 Å². The normalized spacial score (nSPS) is 20.2. The molecule has 0 N–H and O–H groups in total. The number of benzene rings is 6. The van der Waals surface area contributed by atoms with E-state index in [1.807, 2.05) is 11.3 Å². The Morgan fingerprint density at radius 1 is 0.389 bits per heavy atom. The first-order chi connectivity index (χ1) is 33.5. The minimum absolute atomic E-state index is 0.0599. The standard InChI is InChI=1S/C69H82N2S/c1-62(2,3)43-35-46(70(44-25-27-51-54(38-44)65(8,9)31-29-63(51,4)5)45-26-28-52-55(39-45)66(10,11)32-30-64(52,6)7)37-47(36-43)71(58-24-20-23-53-61(58)48-21-18-19-22-50(48)69(53,16)17)59-42-72-60-41-57-56(40-49(59)60)67(12,13)33-34-68(57,14)15/h18-28,35-42H,29-34H2,1-17H3. The minimum atomic E-state index is -0.148. The molecule has 2 nitrogen and oxygen atoms in total. The van der Waals surface area contributed by atoms with Crippen LogP contribution < -0.4 is 9.80 Å². The first kappa shape index (κ1) is 49.1. The number of thiophene rings is 1. The molecule has 4 aliphatic carbocycles. The highest BCUT2D eigenvalue weighted by atomic mass is 32.1. The van der Waals surface area contributed by atoms with Crippen molar-refractivity contribution in [3.05, 3.63) is 165 Å². The monoisotopic (exact) mass is 971 g/mol. The highest BCUT2D eigenvalue weighted by molar-refractivity contribution is 7.17. The molecule has 4 aliphatic rings. The van der Waals surface area contributed by atoms with Crippen molar-refractivity contribution < 1.29 is 0 Å². The van der Waals surface area contributed by atoms with Crippen LogP contribution in [0.1, 0.15) is 206 Å². The van der Waals surface area contributed by atoms with Crippen LogP contribution in [-0.2, 0) is 43.3 Å². The predicted molar refractivity (Wildman–Crippen MR) is 313 cm³/mol. The third-order valence-electron chi connectivity index (χ3n) is 19.1. The maximum Gasteiger partial charge on any atom is 0.0647 e. The lowest BCUT2D eigenvalue weighted by atomic mass is 9.63. The molecule has 11 rings (SSSR count). The molecule has 72 heavy (non-hydrogen) atoms. The summed E-state index contributed by atoms with van der Waals surface area (Å²) in [6, 6.07) is 44.1. The Labute approximate surface area is 438 Å². The van der Waals surface area contributed by atoms with Crippen molar-refractivity contribution in [1.29, 1.82) is 0 Å². The van der Waals surface area contributed by atoms with Crippen LogP contribution >= 0.6 is 11.3 Å². The quantitative estimate of drug-likeness (QED) is 0.164. The van der Waals surface area contributed by atoms with Crippen molar-refractivity contribution in [3.63, 3.8) is 0 Å². The Balaban J connectivity index is 1.23. The summed E-state index contributed by atoms with van der Waals surface area (Å²) in [6.45, 7) is 41.6. The van der Waals surface area contributed by atoms with Gasteiger partial charge in [-0.1, -0.05) is 166 Å². The van der Waals surface area contributed by atoms with Gasteiger partial charge in [0, 0.05) is 49.2 Å². The maximum atomic E-state index is 2.68. The first-order valence-electron chi connectivity index (χ1n) is 27.4. The molecular weight excluding hydrogens is 889 g/mol. The van der Waals surface area contributed by atoms with Gasteiger partial charge < -0.3 is 9.80 Å². The Kier molecular flexibility index (Phi) is 10.9. The van der Waals surface area contributed by atoms with Gasteiger partial charge >= 0.3 is 0 Å². The van der Waals surface area contributed by atoms with E-state index < -0.39 is 0 Å². The molecular formula is C69H82N2S. The maximum absolute atomic E-state index is 2.68. The van der Waals surface area contributed by atoms with E-state index in [0.29, 0.717) is 0 Å². The summed E-state index contributed by atoms with van der Waals surface area (Å²) in [7, 11) is 0. The van der Waals surface area contributed by atoms with Crippen LogP contribution in [0.3, 0.4) is 0 Å². The molecule has 0 bridgehead atoms. The van der Waals surface area contributed by atoms with Gasteiger partial charge in [0.15, 0.2) is 0 Å². The summed E-state index contributed by atoms with van der Waals surface area (Å²) in [5.41, 5.74) is 23.3. The summed E-state index contributed by atoms with van der Waals surface area (Å²) < 4.78 is 1.36. The zero-order chi connectivity index (χ0) is 51.5. The lowest BCUT2D eigenvalue weighted by molar-refractivity contribution is 0.332. The van der Waals surface area contributed by atoms with E-state index in [1.165, 1.54) is 144 Å². The Hall–Kier alpha value is -5.12. The van der Waals surface area contributed by atoms with Gasteiger partial charge in [0.1, 0.15) is 0 Å². The van der Waals surface area contributed by atoms with Crippen molar-refractivity contribution in [1.82, 2.24) is 0 Å². The highest BCUT2D eigenvalue weighted by Crippen LogP contribution is 2.58. The largest absolute Gasteiger partial charge is 0.310 e. The van der Waals surface area contributed by atoms with Gasteiger partial charge in [-0.2, -0.15) is 0 Å². The molecule has 374 valence electrons. The predicted octanol–water partition coefficient (Wildman–Crippen LogP) is 20.5. The molecule has 0 fully saturated rings. The second-order valence-corrected chi connectivity index (χ2v) is 29.2. The summed E-state index contributed by atoms with van der Waals surface area (Å²) in [5.74, 6) is 0. The fourth-order valence-corrected chi connectivity index (χ4v) is 14.7. The average molecular weight is 971 g/mol. The van der Waals surface area contributed by atoms with Crippen LogP contribution in [0.2, 0.25) is 0 Å². The molecule has 7 aromatic rings. The lowest BCUT2D eigenvalue weighted by Crippen LogP contribution is -2.34. The van der Waals surface area contributed by atoms with Gasteiger partial charge in [-0.3, -0.25) is 0 Å². The number of rotatable bonds is 6. The van der Waals surface area contributed by atoms with Gasteiger partial charge in [-0.05, 0) is 193 Å². The van der Waals surface area contributed by atoms with Crippen molar-refractivity contribution >= 4 is 55.5 Å². The van der Waals surface area contributed by atoms with E-state index in [0.717, 1.165) is 0 Å². The topological polar surface area (TPSA) is 6.48 Å². The van der Waals surface area contributed by atoms with E-state index in [4.69, 9.17) is 0 Å². The summed E-state index contributed by atoms with van der Waals surface area (Å²) in [6.07, 6.45) is 7.11. The van der Waals surface area contributed by atoms with Gasteiger partial charge in [-0.25, -0.2) is 0 Å². The molecule has 0 atom stereocenters. The van der Waals surface area contributed by atoms with Gasteiger partial charge in [0.25, 0.3) is 0 Å². The Morgan fingerprint density at radius 3 is 1.38 bits per heavy atom. The number of fused-ring (bicyclic) bond motifs is 7. The summed E-state index contributed by atoms with van der Waals surface area (Å²) >= 11 is 1.91. The zero-order valence-electron chi connectivity index (χ0n) is 47.0. The first-order valence-corrected chi connectivity index (χ1v) is 28.3. The molecule has 0 saturated carbocycles. The van der Waals surface area contributed by atoms with Crippen LogP contribution in [0.15, 0.2) is 115 Å². The van der Waals surface area contributed by atoms with E-state index in [1.54, 1.807) is 0 Å². The van der Waals surface area contributed by atoms with Crippen molar-refractivity contribution in [2.45, 2.75) is 200 Å². The second kappa shape index (κ2) is 15.9. The van der Waals surface area contributed by atoms with Crippen LogP contribution in [-0.4, -0.2) is 0 Å². The average Bonchev–Trinajstić information content (AvgIpc) is 3.83. The molecule has 1 aromatic heterocycles. The van der Waals surface area contributed by atoms with Gasteiger partial charge in [-0.15, -0.1) is 11.3 Å². The SMILES string of the molecule is CC(C)(C)c1cc(N(c2ccc3c(c2)C(C)(C)CCC3(C)C)c2ccc3c(c2)C(C)(C)CCC3(C)C)cc(N(c2cccc3c2-c2ccccc2C3(C)C)c2csc3cc4c(cc23)C(C)(C)CCC4(C)C)c1.